The summed E-state index contributed by atoms with van der Waals surface area (Å²) in [5.41, 5.74) is 0.0455. The van der Waals surface area contributed by atoms with Crippen LogP contribution < -0.4 is 5.32 Å². The van der Waals surface area contributed by atoms with Gasteiger partial charge in [-0.2, -0.15) is 0 Å². The zero-order valence-electron chi connectivity index (χ0n) is 13.8. The van der Waals surface area contributed by atoms with Crippen molar-refractivity contribution in [3.05, 3.63) is 11.1 Å². The van der Waals surface area contributed by atoms with Crippen molar-refractivity contribution in [1.29, 1.82) is 0 Å². The summed E-state index contributed by atoms with van der Waals surface area (Å²) in [6.45, 7) is 11.5. The molecule has 1 atom stereocenters. The second kappa shape index (κ2) is 6.93. The van der Waals surface area contributed by atoms with Gasteiger partial charge in [-0.05, 0) is 12.3 Å². The SMILES string of the molecule is C[C@H]1CN(CCO)CCN1C(=O)Nc1ncc(C(C)(C)C)s1. The zero-order chi connectivity index (χ0) is 16.3. The third-order valence-corrected chi connectivity index (χ3v) is 5.19. The fourth-order valence-corrected chi connectivity index (χ4v) is 3.38. The molecule has 1 aromatic heterocycles. The number of hydrogen-bond acceptors (Lipinski definition) is 5. The molecule has 0 saturated carbocycles. The molecule has 0 unspecified atom stereocenters. The van der Waals surface area contributed by atoms with Gasteiger partial charge in [0.25, 0.3) is 0 Å². The van der Waals surface area contributed by atoms with Crippen molar-refractivity contribution >= 4 is 22.5 Å². The number of anilines is 1. The van der Waals surface area contributed by atoms with E-state index in [2.05, 4.69) is 36.0 Å². The lowest BCUT2D eigenvalue weighted by atomic mass is 9.96. The first-order valence-corrected chi connectivity index (χ1v) is 8.50. The minimum Gasteiger partial charge on any atom is -0.395 e. The first kappa shape index (κ1) is 17.2. The number of amides is 2. The van der Waals surface area contributed by atoms with Crippen molar-refractivity contribution in [2.75, 3.05) is 38.1 Å². The summed E-state index contributed by atoms with van der Waals surface area (Å²) in [5.74, 6) is 0. The van der Waals surface area contributed by atoms with Crippen LogP contribution in [0.15, 0.2) is 6.20 Å². The van der Waals surface area contributed by atoms with E-state index < -0.39 is 0 Å². The highest BCUT2D eigenvalue weighted by molar-refractivity contribution is 7.15. The molecule has 0 bridgehead atoms. The highest BCUT2D eigenvalue weighted by atomic mass is 32.1. The third-order valence-electron chi connectivity index (χ3n) is 3.85. The Morgan fingerprint density at radius 2 is 2.23 bits per heavy atom. The van der Waals surface area contributed by atoms with Gasteiger partial charge in [0.1, 0.15) is 0 Å². The fourth-order valence-electron chi connectivity index (χ4n) is 2.52. The number of thiazole rings is 1. The molecule has 1 aromatic rings. The van der Waals surface area contributed by atoms with Crippen LogP contribution in [0.4, 0.5) is 9.93 Å². The molecule has 0 aromatic carbocycles. The number of rotatable bonds is 3. The second-order valence-electron chi connectivity index (χ2n) is 6.78. The molecule has 1 saturated heterocycles. The average molecular weight is 326 g/mol. The summed E-state index contributed by atoms with van der Waals surface area (Å²) >= 11 is 1.53. The number of aliphatic hydroxyl groups excluding tert-OH is 1. The van der Waals surface area contributed by atoms with Crippen LogP contribution >= 0.6 is 11.3 Å². The van der Waals surface area contributed by atoms with Crippen LogP contribution in [-0.2, 0) is 5.41 Å². The second-order valence-corrected chi connectivity index (χ2v) is 7.81. The summed E-state index contributed by atoms with van der Waals surface area (Å²) in [6.07, 6.45) is 1.84. The van der Waals surface area contributed by atoms with Gasteiger partial charge in [-0.15, -0.1) is 11.3 Å². The molecule has 6 nitrogen and oxygen atoms in total. The number of nitrogens with one attached hydrogen (secondary N) is 1. The molecule has 22 heavy (non-hydrogen) atoms. The Labute approximate surface area is 136 Å². The first-order valence-electron chi connectivity index (χ1n) is 7.68. The number of carbonyl (C=O) groups excluding carboxylic acids is 1. The van der Waals surface area contributed by atoms with E-state index in [1.807, 2.05) is 18.0 Å². The molecule has 1 fully saturated rings. The lowest BCUT2D eigenvalue weighted by Gasteiger charge is -2.39. The highest BCUT2D eigenvalue weighted by Crippen LogP contribution is 2.30. The third kappa shape index (κ3) is 4.18. The number of aromatic nitrogens is 1. The van der Waals surface area contributed by atoms with Gasteiger partial charge in [0.05, 0.1) is 6.61 Å². The lowest BCUT2D eigenvalue weighted by Crippen LogP contribution is -2.55. The fraction of sp³-hybridized carbons (Fsp3) is 0.733. The monoisotopic (exact) mass is 326 g/mol. The Balaban J connectivity index is 1.94. The largest absolute Gasteiger partial charge is 0.395 e. The van der Waals surface area contributed by atoms with E-state index in [0.29, 0.717) is 18.2 Å². The molecule has 2 rings (SSSR count). The first-order chi connectivity index (χ1) is 10.3. The van der Waals surface area contributed by atoms with Crippen LogP contribution in [0.2, 0.25) is 0 Å². The summed E-state index contributed by atoms with van der Waals surface area (Å²) in [5, 5.41) is 12.6. The molecule has 0 aliphatic carbocycles. The van der Waals surface area contributed by atoms with E-state index in [9.17, 15) is 4.79 Å². The molecule has 0 radical (unpaired) electrons. The lowest BCUT2D eigenvalue weighted by molar-refractivity contribution is 0.0942. The summed E-state index contributed by atoms with van der Waals surface area (Å²) in [7, 11) is 0. The Bertz CT molecular complexity index is 512. The summed E-state index contributed by atoms with van der Waals surface area (Å²) < 4.78 is 0. The molecular weight excluding hydrogens is 300 g/mol. The van der Waals surface area contributed by atoms with Crippen molar-refractivity contribution in [3.63, 3.8) is 0 Å². The van der Waals surface area contributed by atoms with Gasteiger partial charge in [-0.25, -0.2) is 9.78 Å². The Morgan fingerprint density at radius 1 is 1.50 bits per heavy atom. The van der Waals surface area contributed by atoms with E-state index in [1.165, 1.54) is 11.3 Å². The average Bonchev–Trinajstić information content (AvgIpc) is 2.87. The molecule has 2 N–H and O–H groups in total. The highest BCUT2D eigenvalue weighted by Gasteiger charge is 2.28. The van der Waals surface area contributed by atoms with Crippen LogP contribution in [0.3, 0.4) is 0 Å². The molecule has 1 aliphatic rings. The molecular formula is C15H26N4O2S. The maximum Gasteiger partial charge on any atom is 0.323 e. The van der Waals surface area contributed by atoms with Crippen LogP contribution in [0.25, 0.3) is 0 Å². The number of nitrogens with zero attached hydrogens (tertiary/aromatic N) is 3. The van der Waals surface area contributed by atoms with E-state index >= 15 is 0 Å². The Morgan fingerprint density at radius 3 is 2.77 bits per heavy atom. The molecule has 7 heteroatoms. The topological polar surface area (TPSA) is 68.7 Å². The van der Waals surface area contributed by atoms with E-state index in [-0.39, 0.29) is 24.1 Å². The van der Waals surface area contributed by atoms with Gasteiger partial charge in [0.2, 0.25) is 0 Å². The molecule has 2 heterocycles. The van der Waals surface area contributed by atoms with Gasteiger partial charge < -0.3 is 10.0 Å². The molecule has 0 spiro atoms. The zero-order valence-corrected chi connectivity index (χ0v) is 14.6. The van der Waals surface area contributed by atoms with Crippen molar-refractivity contribution in [2.24, 2.45) is 0 Å². The number of hydrogen-bond donors (Lipinski definition) is 2. The van der Waals surface area contributed by atoms with E-state index in [0.717, 1.165) is 18.0 Å². The van der Waals surface area contributed by atoms with Crippen molar-refractivity contribution in [1.82, 2.24) is 14.8 Å². The number of urea groups is 1. The number of piperazine rings is 1. The Kier molecular flexibility index (Phi) is 5.41. The maximum atomic E-state index is 12.4. The van der Waals surface area contributed by atoms with Gasteiger partial charge in [0, 0.05) is 43.3 Å². The standard InChI is InChI=1S/C15H26N4O2S/c1-11-10-18(7-8-20)5-6-19(11)14(21)17-13-16-9-12(22-13)15(2,3)4/h9,11,20H,5-8,10H2,1-4H3,(H,16,17,21)/t11-/m0/s1. The smallest absolute Gasteiger partial charge is 0.323 e. The number of β-amino-alcohol motifs (C(OH)–C–C–N with tert-alkyl or cyclic N) is 1. The van der Waals surface area contributed by atoms with Crippen LogP contribution in [-0.4, -0.2) is 64.7 Å². The van der Waals surface area contributed by atoms with Crippen LogP contribution in [0, 0.1) is 0 Å². The van der Waals surface area contributed by atoms with E-state index in [1.54, 1.807) is 0 Å². The quantitative estimate of drug-likeness (QED) is 0.891. The predicted octanol–water partition coefficient (Wildman–Crippen LogP) is 1.97. The number of aliphatic hydroxyl groups is 1. The van der Waals surface area contributed by atoms with Gasteiger partial charge >= 0.3 is 6.03 Å². The van der Waals surface area contributed by atoms with Gasteiger partial charge in [-0.3, -0.25) is 10.2 Å². The maximum absolute atomic E-state index is 12.4. The minimum atomic E-state index is -0.0917. The van der Waals surface area contributed by atoms with Gasteiger partial charge in [0.15, 0.2) is 5.13 Å². The molecule has 1 aliphatic heterocycles. The van der Waals surface area contributed by atoms with Crippen molar-refractivity contribution in [2.45, 2.75) is 39.2 Å². The Hall–Kier alpha value is -1.18. The summed E-state index contributed by atoms with van der Waals surface area (Å²) in [4.78, 5) is 21.9. The summed E-state index contributed by atoms with van der Waals surface area (Å²) in [6, 6.07) is 0.0355. The predicted molar refractivity (Wildman–Crippen MR) is 89.5 cm³/mol. The molecule has 2 amide bonds. The number of carbonyl (C=O) groups is 1. The van der Waals surface area contributed by atoms with E-state index in [4.69, 9.17) is 5.11 Å². The molecule has 124 valence electrons. The van der Waals surface area contributed by atoms with Gasteiger partial charge in [-0.1, -0.05) is 20.8 Å². The van der Waals surface area contributed by atoms with Crippen molar-refractivity contribution < 1.29 is 9.90 Å². The van der Waals surface area contributed by atoms with Crippen molar-refractivity contribution in [3.8, 4) is 0 Å². The van der Waals surface area contributed by atoms with Crippen LogP contribution in [0.1, 0.15) is 32.6 Å². The van der Waals surface area contributed by atoms with Crippen LogP contribution in [0.5, 0.6) is 0 Å². The minimum absolute atomic E-state index is 0.0455. The normalized spacial score (nSPS) is 20.2.